The molecule has 0 radical (unpaired) electrons. The molecule has 0 saturated carbocycles. The zero-order valence-electron chi connectivity index (χ0n) is 9.37. The second-order valence-electron chi connectivity index (χ2n) is 3.43. The topological polar surface area (TPSA) is 23.4 Å². The predicted octanol–water partition coefficient (Wildman–Crippen LogP) is 3.05. The van der Waals surface area contributed by atoms with Crippen molar-refractivity contribution in [2.24, 2.45) is 0 Å². The normalized spacial score (nSPS) is 10.7. The van der Waals surface area contributed by atoms with Crippen LogP contribution in [0.4, 0.5) is 0 Å². The molecule has 0 bridgehead atoms. The van der Waals surface area contributed by atoms with Crippen LogP contribution in [-0.2, 0) is 6.54 Å². The van der Waals surface area contributed by atoms with Crippen molar-refractivity contribution in [3.05, 3.63) is 24.4 Å². The van der Waals surface area contributed by atoms with Crippen LogP contribution in [0.5, 0.6) is 11.5 Å². The summed E-state index contributed by atoms with van der Waals surface area (Å²) in [5.74, 6) is 1.76. The van der Waals surface area contributed by atoms with Crippen molar-refractivity contribution in [1.29, 1.82) is 0 Å². The summed E-state index contributed by atoms with van der Waals surface area (Å²) in [6, 6.07) is 5.92. The molecular formula is C12H14BrNO2. The number of ether oxygens (including phenoxy) is 2. The number of hydrogen-bond acceptors (Lipinski definition) is 2. The lowest BCUT2D eigenvalue weighted by Gasteiger charge is -2.09. The molecule has 0 spiro atoms. The number of hydrogen-bond donors (Lipinski definition) is 0. The summed E-state index contributed by atoms with van der Waals surface area (Å²) in [6.45, 7) is 0.910. The molecule has 0 fully saturated rings. The molecule has 0 saturated heterocycles. The average molecular weight is 284 g/mol. The second-order valence-corrected chi connectivity index (χ2v) is 4.22. The van der Waals surface area contributed by atoms with Crippen LogP contribution < -0.4 is 9.47 Å². The molecule has 16 heavy (non-hydrogen) atoms. The number of fused-ring (bicyclic) bond motifs is 1. The fourth-order valence-electron chi connectivity index (χ4n) is 1.89. The van der Waals surface area contributed by atoms with Crippen molar-refractivity contribution >= 4 is 26.8 Å². The Bertz CT molecular complexity index is 493. The maximum atomic E-state index is 5.38. The zero-order valence-corrected chi connectivity index (χ0v) is 11.0. The summed E-state index contributed by atoms with van der Waals surface area (Å²) < 4.78 is 12.9. The Morgan fingerprint density at radius 3 is 2.44 bits per heavy atom. The lowest BCUT2D eigenvalue weighted by atomic mass is 10.2. The minimum absolute atomic E-state index is 0.877. The molecule has 0 N–H and O–H groups in total. The van der Waals surface area contributed by atoms with E-state index in [1.165, 1.54) is 0 Å². The number of methoxy groups -OCH3 is 2. The molecule has 1 aromatic heterocycles. The van der Waals surface area contributed by atoms with Gasteiger partial charge >= 0.3 is 0 Å². The molecule has 0 aliphatic carbocycles. The van der Waals surface area contributed by atoms with Gasteiger partial charge in [-0.05, 0) is 18.2 Å². The summed E-state index contributed by atoms with van der Waals surface area (Å²) in [6.07, 6.45) is 2.05. The first-order valence-electron chi connectivity index (χ1n) is 5.07. The maximum absolute atomic E-state index is 5.38. The summed E-state index contributed by atoms with van der Waals surface area (Å²) in [7, 11) is 3.37. The first-order chi connectivity index (χ1) is 7.81. The number of rotatable bonds is 4. The smallest absolute Gasteiger partial charge is 0.143 e. The van der Waals surface area contributed by atoms with E-state index in [1.54, 1.807) is 14.2 Å². The first kappa shape index (κ1) is 11.3. The lowest BCUT2D eigenvalue weighted by Crippen LogP contribution is -1.98. The second kappa shape index (κ2) is 4.78. The van der Waals surface area contributed by atoms with Crippen LogP contribution in [0.1, 0.15) is 0 Å². The van der Waals surface area contributed by atoms with Crippen LogP contribution in [0.3, 0.4) is 0 Å². The molecule has 86 valence electrons. The first-order valence-corrected chi connectivity index (χ1v) is 6.19. The van der Waals surface area contributed by atoms with E-state index < -0.39 is 0 Å². The highest BCUT2D eigenvalue weighted by atomic mass is 79.9. The molecule has 0 aliphatic rings. The van der Waals surface area contributed by atoms with Gasteiger partial charge in [-0.15, -0.1) is 0 Å². The Balaban J connectivity index is 2.67. The molecule has 0 aliphatic heterocycles. The highest BCUT2D eigenvalue weighted by Crippen LogP contribution is 2.33. The van der Waals surface area contributed by atoms with Gasteiger partial charge < -0.3 is 14.0 Å². The summed E-state index contributed by atoms with van der Waals surface area (Å²) in [5, 5.41) is 2.00. The van der Waals surface area contributed by atoms with Gasteiger partial charge in [0, 0.05) is 23.5 Å². The van der Waals surface area contributed by atoms with E-state index in [4.69, 9.17) is 9.47 Å². The molecule has 4 heteroatoms. The molecule has 3 nitrogen and oxygen atoms in total. The molecule has 1 aromatic carbocycles. The SMILES string of the molecule is COc1ccc(OC)c2c1ccn2CCBr. The van der Waals surface area contributed by atoms with E-state index in [0.29, 0.717) is 0 Å². The molecule has 0 unspecified atom stereocenters. The Morgan fingerprint density at radius 1 is 1.12 bits per heavy atom. The Hall–Kier alpha value is -1.16. The Labute approximate surface area is 103 Å². The van der Waals surface area contributed by atoms with Gasteiger partial charge in [0.05, 0.1) is 19.7 Å². The molecule has 0 atom stereocenters. The molecule has 2 aromatic rings. The molecule has 1 heterocycles. The van der Waals surface area contributed by atoms with E-state index >= 15 is 0 Å². The van der Waals surface area contributed by atoms with E-state index in [2.05, 4.69) is 32.8 Å². The number of aryl methyl sites for hydroxylation is 1. The largest absolute Gasteiger partial charge is 0.496 e. The summed E-state index contributed by atoms with van der Waals surface area (Å²) >= 11 is 3.45. The van der Waals surface area contributed by atoms with Crippen LogP contribution in [0.25, 0.3) is 10.9 Å². The quantitative estimate of drug-likeness (QED) is 0.806. The third-order valence-corrected chi connectivity index (χ3v) is 2.97. The molecule has 0 amide bonds. The van der Waals surface area contributed by atoms with Crippen LogP contribution in [0.15, 0.2) is 24.4 Å². The van der Waals surface area contributed by atoms with Gasteiger partial charge in [0.25, 0.3) is 0 Å². The van der Waals surface area contributed by atoms with Crippen LogP contribution >= 0.6 is 15.9 Å². The Kier molecular flexibility index (Phi) is 3.39. The van der Waals surface area contributed by atoms with Gasteiger partial charge in [0.2, 0.25) is 0 Å². The minimum Gasteiger partial charge on any atom is -0.496 e. The number of alkyl halides is 1. The maximum Gasteiger partial charge on any atom is 0.143 e. The van der Waals surface area contributed by atoms with Crippen molar-refractivity contribution in [1.82, 2.24) is 4.57 Å². The van der Waals surface area contributed by atoms with E-state index in [0.717, 1.165) is 34.3 Å². The predicted molar refractivity (Wildman–Crippen MR) is 68.8 cm³/mol. The minimum atomic E-state index is 0.877. The monoisotopic (exact) mass is 283 g/mol. The third-order valence-electron chi connectivity index (χ3n) is 2.61. The number of halogens is 1. The fraction of sp³-hybridized carbons (Fsp3) is 0.333. The standard InChI is InChI=1S/C12H14BrNO2/c1-15-10-3-4-11(16-2)12-9(10)5-7-14(12)8-6-13/h3-5,7H,6,8H2,1-2H3. The molecule has 2 rings (SSSR count). The Morgan fingerprint density at radius 2 is 1.81 bits per heavy atom. The summed E-state index contributed by atoms with van der Waals surface area (Å²) in [5.41, 5.74) is 1.08. The van der Waals surface area contributed by atoms with Gasteiger partial charge in [-0.25, -0.2) is 0 Å². The van der Waals surface area contributed by atoms with Crippen molar-refractivity contribution in [3.63, 3.8) is 0 Å². The lowest BCUT2D eigenvalue weighted by molar-refractivity contribution is 0.409. The van der Waals surface area contributed by atoms with E-state index in [1.807, 2.05) is 12.1 Å². The van der Waals surface area contributed by atoms with Gasteiger partial charge in [-0.1, -0.05) is 15.9 Å². The van der Waals surface area contributed by atoms with E-state index in [9.17, 15) is 0 Å². The van der Waals surface area contributed by atoms with Crippen molar-refractivity contribution in [2.45, 2.75) is 6.54 Å². The number of benzene rings is 1. The van der Waals surface area contributed by atoms with E-state index in [-0.39, 0.29) is 0 Å². The third kappa shape index (κ3) is 1.78. The average Bonchev–Trinajstić information content (AvgIpc) is 2.73. The van der Waals surface area contributed by atoms with Gasteiger partial charge in [0.1, 0.15) is 11.5 Å². The highest BCUT2D eigenvalue weighted by Gasteiger charge is 2.11. The number of nitrogens with zero attached hydrogens (tertiary/aromatic N) is 1. The van der Waals surface area contributed by atoms with Gasteiger partial charge in [-0.2, -0.15) is 0 Å². The number of aromatic nitrogens is 1. The molecular weight excluding hydrogens is 270 g/mol. The van der Waals surface area contributed by atoms with Crippen LogP contribution in [-0.4, -0.2) is 24.1 Å². The van der Waals surface area contributed by atoms with Crippen molar-refractivity contribution in [3.8, 4) is 11.5 Å². The van der Waals surface area contributed by atoms with Gasteiger partial charge in [-0.3, -0.25) is 0 Å². The fourth-order valence-corrected chi connectivity index (χ4v) is 2.27. The van der Waals surface area contributed by atoms with Crippen LogP contribution in [0, 0.1) is 0 Å². The highest BCUT2D eigenvalue weighted by molar-refractivity contribution is 9.09. The van der Waals surface area contributed by atoms with Crippen molar-refractivity contribution in [2.75, 3.05) is 19.5 Å². The summed E-state index contributed by atoms with van der Waals surface area (Å²) in [4.78, 5) is 0. The van der Waals surface area contributed by atoms with Gasteiger partial charge in [0.15, 0.2) is 0 Å². The van der Waals surface area contributed by atoms with Crippen molar-refractivity contribution < 1.29 is 9.47 Å². The van der Waals surface area contributed by atoms with Crippen LogP contribution in [0.2, 0.25) is 0 Å². The zero-order chi connectivity index (χ0) is 11.5.